The maximum Gasteiger partial charge on any atom is 0.131 e. The van der Waals surface area contributed by atoms with E-state index in [1.54, 1.807) is 6.33 Å². The predicted octanol–water partition coefficient (Wildman–Crippen LogP) is 2.87. The number of benzene rings is 1. The van der Waals surface area contributed by atoms with Crippen molar-refractivity contribution in [3.05, 3.63) is 36.2 Å². The van der Waals surface area contributed by atoms with Crippen LogP contribution in [0.25, 0.3) is 11.3 Å². The lowest BCUT2D eigenvalue weighted by molar-refractivity contribution is 0.647. The minimum atomic E-state index is 0.681. The summed E-state index contributed by atoms with van der Waals surface area (Å²) in [6.07, 6.45) is 2.85. The van der Waals surface area contributed by atoms with E-state index in [0.717, 1.165) is 17.7 Å². The van der Waals surface area contributed by atoms with Gasteiger partial charge in [-0.05, 0) is 17.9 Å². The molecule has 0 atom stereocenters. The molecule has 1 aromatic carbocycles. The molecule has 0 fully saturated rings. The minimum absolute atomic E-state index is 0.681. The van der Waals surface area contributed by atoms with Crippen LogP contribution in [-0.4, -0.2) is 9.55 Å². The van der Waals surface area contributed by atoms with Crippen LogP contribution in [0.15, 0.2) is 30.6 Å². The molecular weight excluding hydrogens is 210 g/mol. The second-order valence-corrected chi connectivity index (χ2v) is 4.88. The smallest absolute Gasteiger partial charge is 0.131 e. The summed E-state index contributed by atoms with van der Waals surface area (Å²) in [7, 11) is 1.90. The summed E-state index contributed by atoms with van der Waals surface area (Å²) in [5.41, 5.74) is 9.26. The maximum absolute atomic E-state index is 5.95. The van der Waals surface area contributed by atoms with Gasteiger partial charge in [0.1, 0.15) is 11.5 Å². The number of hydrogen-bond acceptors (Lipinski definition) is 2. The number of nitrogen functional groups attached to an aromatic ring is 1. The van der Waals surface area contributed by atoms with Gasteiger partial charge in [0.25, 0.3) is 0 Å². The molecule has 0 unspecified atom stereocenters. The van der Waals surface area contributed by atoms with Gasteiger partial charge in [-0.3, -0.25) is 0 Å². The van der Waals surface area contributed by atoms with Gasteiger partial charge in [0.15, 0.2) is 0 Å². The van der Waals surface area contributed by atoms with Crippen molar-refractivity contribution >= 4 is 5.82 Å². The van der Waals surface area contributed by atoms with E-state index in [-0.39, 0.29) is 0 Å². The summed E-state index contributed by atoms with van der Waals surface area (Å²) in [4.78, 5) is 4.31. The number of imidazole rings is 1. The first-order valence-corrected chi connectivity index (χ1v) is 5.94. The summed E-state index contributed by atoms with van der Waals surface area (Å²) in [5, 5.41) is 0. The number of aryl methyl sites for hydroxylation is 1. The Morgan fingerprint density at radius 3 is 2.35 bits per heavy atom. The highest BCUT2D eigenvalue weighted by Crippen LogP contribution is 2.24. The highest BCUT2D eigenvalue weighted by Gasteiger charge is 2.07. The third-order valence-corrected chi connectivity index (χ3v) is 2.85. The molecule has 0 saturated heterocycles. The minimum Gasteiger partial charge on any atom is -0.383 e. The fourth-order valence-electron chi connectivity index (χ4n) is 1.93. The Morgan fingerprint density at radius 2 is 1.88 bits per heavy atom. The van der Waals surface area contributed by atoms with E-state index in [0.29, 0.717) is 11.7 Å². The molecule has 17 heavy (non-hydrogen) atoms. The van der Waals surface area contributed by atoms with Crippen LogP contribution < -0.4 is 5.73 Å². The molecule has 1 aromatic heterocycles. The molecule has 3 heteroatoms. The largest absolute Gasteiger partial charge is 0.383 e. The zero-order valence-electron chi connectivity index (χ0n) is 10.6. The van der Waals surface area contributed by atoms with Crippen molar-refractivity contribution in [3.63, 3.8) is 0 Å². The predicted molar refractivity (Wildman–Crippen MR) is 71.6 cm³/mol. The Balaban J connectivity index is 2.26. The fourth-order valence-corrected chi connectivity index (χ4v) is 1.93. The number of aromatic nitrogens is 2. The standard InChI is InChI=1S/C14H19N3/c1-10(2)8-11-4-6-12(7-5-11)13-14(15)17(3)9-16-13/h4-7,9-10H,8,15H2,1-3H3. The molecule has 0 radical (unpaired) electrons. The van der Waals surface area contributed by atoms with Crippen molar-refractivity contribution in [3.8, 4) is 11.3 Å². The van der Waals surface area contributed by atoms with Crippen LogP contribution in [0.5, 0.6) is 0 Å². The molecule has 0 aliphatic carbocycles. The Kier molecular flexibility index (Phi) is 3.18. The lowest BCUT2D eigenvalue weighted by Crippen LogP contribution is -1.96. The molecule has 3 nitrogen and oxygen atoms in total. The number of anilines is 1. The highest BCUT2D eigenvalue weighted by molar-refractivity contribution is 5.70. The monoisotopic (exact) mass is 229 g/mol. The van der Waals surface area contributed by atoms with Crippen molar-refractivity contribution in [2.75, 3.05) is 5.73 Å². The summed E-state index contributed by atoms with van der Waals surface area (Å²) < 4.78 is 1.83. The number of nitrogens with two attached hydrogens (primary N) is 1. The summed E-state index contributed by atoms with van der Waals surface area (Å²) >= 11 is 0. The maximum atomic E-state index is 5.95. The molecule has 0 amide bonds. The van der Waals surface area contributed by atoms with Crippen molar-refractivity contribution in [2.24, 2.45) is 13.0 Å². The molecule has 2 aromatic rings. The van der Waals surface area contributed by atoms with E-state index in [1.807, 2.05) is 11.6 Å². The van der Waals surface area contributed by atoms with Crippen molar-refractivity contribution in [1.29, 1.82) is 0 Å². The fraction of sp³-hybridized carbons (Fsp3) is 0.357. The third kappa shape index (κ3) is 2.49. The quantitative estimate of drug-likeness (QED) is 0.879. The first-order valence-electron chi connectivity index (χ1n) is 5.94. The molecule has 0 bridgehead atoms. The SMILES string of the molecule is CC(C)Cc1ccc(-c2ncn(C)c2N)cc1. The molecule has 2 rings (SSSR count). The Bertz CT molecular complexity index is 495. The molecule has 0 aliphatic rings. The van der Waals surface area contributed by atoms with Crippen LogP contribution in [0, 0.1) is 5.92 Å². The summed E-state index contributed by atoms with van der Waals surface area (Å²) in [5.74, 6) is 1.39. The molecule has 0 spiro atoms. The van der Waals surface area contributed by atoms with Crippen molar-refractivity contribution in [2.45, 2.75) is 20.3 Å². The first kappa shape index (κ1) is 11.7. The second-order valence-electron chi connectivity index (χ2n) is 4.88. The lowest BCUT2D eigenvalue weighted by Gasteiger charge is -2.06. The van der Waals surface area contributed by atoms with Crippen LogP contribution >= 0.6 is 0 Å². The van der Waals surface area contributed by atoms with Crippen molar-refractivity contribution < 1.29 is 0 Å². The van der Waals surface area contributed by atoms with Gasteiger partial charge in [0, 0.05) is 12.6 Å². The third-order valence-electron chi connectivity index (χ3n) is 2.85. The molecule has 2 N–H and O–H groups in total. The zero-order valence-corrected chi connectivity index (χ0v) is 10.6. The first-order chi connectivity index (χ1) is 8.08. The van der Waals surface area contributed by atoms with Crippen LogP contribution in [0.1, 0.15) is 19.4 Å². The van der Waals surface area contributed by atoms with Gasteiger partial charge in [0.2, 0.25) is 0 Å². The Morgan fingerprint density at radius 1 is 1.24 bits per heavy atom. The topological polar surface area (TPSA) is 43.8 Å². The Labute approximate surface area is 102 Å². The van der Waals surface area contributed by atoms with Crippen LogP contribution in [0.3, 0.4) is 0 Å². The van der Waals surface area contributed by atoms with Gasteiger partial charge < -0.3 is 10.3 Å². The van der Waals surface area contributed by atoms with Gasteiger partial charge in [-0.1, -0.05) is 38.1 Å². The highest BCUT2D eigenvalue weighted by atomic mass is 15.1. The second kappa shape index (κ2) is 4.62. The lowest BCUT2D eigenvalue weighted by atomic mass is 10.0. The van der Waals surface area contributed by atoms with E-state index in [4.69, 9.17) is 5.73 Å². The van der Waals surface area contributed by atoms with Gasteiger partial charge in [-0.25, -0.2) is 4.98 Å². The summed E-state index contributed by atoms with van der Waals surface area (Å²) in [6.45, 7) is 4.45. The zero-order chi connectivity index (χ0) is 12.4. The van der Waals surface area contributed by atoms with Gasteiger partial charge in [-0.2, -0.15) is 0 Å². The average molecular weight is 229 g/mol. The van der Waals surface area contributed by atoms with E-state index in [9.17, 15) is 0 Å². The Hall–Kier alpha value is -1.77. The molecule has 1 heterocycles. The van der Waals surface area contributed by atoms with Crippen LogP contribution in [-0.2, 0) is 13.5 Å². The van der Waals surface area contributed by atoms with Gasteiger partial charge in [0.05, 0.1) is 6.33 Å². The van der Waals surface area contributed by atoms with E-state index < -0.39 is 0 Å². The van der Waals surface area contributed by atoms with Gasteiger partial charge in [-0.15, -0.1) is 0 Å². The number of nitrogens with zero attached hydrogens (tertiary/aromatic N) is 2. The average Bonchev–Trinajstić information content (AvgIpc) is 2.60. The van der Waals surface area contributed by atoms with Crippen molar-refractivity contribution in [1.82, 2.24) is 9.55 Å². The molecule has 0 aliphatic heterocycles. The van der Waals surface area contributed by atoms with E-state index >= 15 is 0 Å². The number of rotatable bonds is 3. The van der Waals surface area contributed by atoms with E-state index in [1.165, 1.54) is 5.56 Å². The van der Waals surface area contributed by atoms with Crippen LogP contribution in [0.4, 0.5) is 5.82 Å². The van der Waals surface area contributed by atoms with Gasteiger partial charge >= 0.3 is 0 Å². The van der Waals surface area contributed by atoms with E-state index in [2.05, 4.69) is 43.1 Å². The molecular formula is C14H19N3. The molecule has 0 saturated carbocycles. The number of hydrogen-bond donors (Lipinski definition) is 1. The molecule has 90 valence electrons. The van der Waals surface area contributed by atoms with Crippen LogP contribution in [0.2, 0.25) is 0 Å². The normalized spacial score (nSPS) is 11.1. The summed E-state index contributed by atoms with van der Waals surface area (Å²) in [6, 6.07) is 8.50.